The highest BCUT2D eigenvalue weighted by molar-refractivity contribution is 5.83. The maximum Gasteiger partial charge on any atom is 0.165 e. The molecule has 4 heterocycles. The summed E-state index contributed by atoms with van der Waals surface area (Å²) >= 11 is 0. The Morgan fingerprint density at radius 2 is 2.12 bits per heavy atom. The minimum atomic E-state index is -0.321. The molecule has 170 valence electrons. The number of aromatic nitrogens is 4. The van der Waals surface area contributed by atoms with E-state index in [1.54, 1.807) is 18.5 Å². The zero-order valence-corrected chi connectivity index (χ0v) is 18.6. The molecule has 2 aliphatic rings. The summed E-state index contributed by atoms with van der Waals surface area (Å²) in [6.45, 7) is 7.01. The van der Waals surface area contributed by atoms with Gasteiger partial charge in [0.2, 0.25) is 0 Å². The quantitative estimate of drug-likeness (QED) is 0.584. The lowest BCUT2D eigenvalue weighted by Crippen LogP contribution is -2.51. The van der Waals surface area contributed by atoms with Crippen molar-refractivity contribution in [3.05, 3.63) is 42.2 Å². The molecule has 2 aliphatic heterocycles. The molecule has 3 aromatic rings. The van der Waals surface area contributed by atoms with E-state index in [0.717, 1.165) is 68.2 Å². The molecule has 32 heavy (non-hydrogen) atoms. The summed E-state index contributed by atoms with van der Waals surface area (Å²) in [5.41, 5.74) is 2.64. The molecular weight excluding hydrogens is 411 g/mol. The van der Waals surface area contributed by atoms with Gasteiger partial charge in [-0.1, -0.05) is 6.07 Å². The normalized spacial score (nSPS) is 22.0. The summed E-state index contributed by atoms with van der Waals surface area (Å²) < 4.78 is 27.0. The SMILES string of the molecule is COc1ccc(CN2CCN(c3ncnc4c3ncn4CC3CCCO3)CC2C)cc1F. The van der Waals surface area contributed by atoms with Gasteiger partial charge in [-0.2, -0.15) is 0 Å². The van der Waals surface area contributed by atoms with Crippen molar-refractivity contribution < 1.29 is 13.9 Å². The topological polar surface area (TPSA) is 68.5 Å². The summed E-state index contributed by atoms with van der Waals surface area (Å²) in [4.78, 5) is 18.4. The third kappa shape index (κ3) is 4.14. The average Bonchev–Trinajstić information content (AvgIpc) is 3.46. The molecule has 2 fully saturated rings. The maximum absolute atomic E-state index is 14.1. The minimum absolute atomic E-state index is 0.233. The molecule has 9 heteroatoms. The van der Waals surface area contributed by atoms with Crippen LogP contribution in [0, 0.1) is 5.82 Å². The summed E-state index contributed by atoms with van der Waals surface area (Å²) in [6, 6.07) is 5.46. The van der Waals surface area contributed by atoms with Gasteiger partial charge < -0.3 is 18.9 Å². The lowest BCUT2D eigenvalue weighted by Gasteiger charge is -2.40. The fourth-order valence-corrected chi connectivity index (χ4v) is 4.71. The van der Waals surface area contributed by atoms with Crippen LogP contribution >= 0.6 is 0 Å². The van der Waals surface area contributed by atoms with E-state index in [2.05, 4.69) is 36.2 Å². The first-order chi connectivity index (χ1) is 15.6. The Morgan fingerprint density at radius 1 is 1.22 bits per heavy atom. The number of ether oxygens (including phenoxy) is 2. The lowest BCUT2D eigenvalue weighted by atomic mass is 10.1. The zero-order valence-electron chi connectivity index (χ0n) is 18.6. The first kappa shape index (κ1) is 21.1. The van der Waals surface area contributed by atoms with E-state index < -0.39 is 0 Å². The van der Waals surface area contributed by atoms with Crippen LogP contribution in [0.15, 0.2) is 30.9 Å². The van der Waals surface area contributed by atoms with Crippen LogP contribution in [0.3, 0.4) is 0 Å². The molecule has 0 radical (unpaired) electrons. The number of rotatable bonds is 6. The van der Waals surface area contributed by atoms with E-state index in [-0.39, 0.29) is 23.7 Å². The Bertz CT molecular complexity index is 1080. The molecule has 2 aromatic heterocycles. The number of halogens is 1. The Kier molecular flexibility index (Phi) is 5.93. The number of benzene rings is 1. The molecule has 2 unspecified atom stereocenters. The predicted octanol–water partition coefficient (Wildman–Crippen LogP) is 2.86. The third-order valence-electron chi connectivity index (χ3n) is 6.47. The second kappa shape index (κ2) is 8.99. The largest absolute Gasteiger partial charge is 0.494 e. The van der Waals surface area contributed by atoms with Crippen LogP contribution in [-0.2, 0) is 17.8 Å². The van der Waals surface area contributed by atoms with Crippen molar-refractivity contribution in [2.24, 2.45) is 0 Å². The van der Waals surface area contributed by atoms with Crippen LogP contribution in [0.5, 0.6) is 5.75 Å². The number of piperazine rings is 1. The van der Waals surface area contributed by atoms with Crippen LogP contribution in [0.4, 0.5) is 10.2 Å². The van der Waals surface area contributed by atoms with E-state index in [4.69, 9.17) is 9.47 Å². The van der Waals surface area contributed by atoms with Crippen LogP contribution in [0.25, 0.3) is 11.2 Å². The first-order valence-electron chi connectivity index (χ1n) is 11.2. The molecule has 0 spiro atoms. The average molecular weight is 441 g/mol. The van der Waals surface area contributed by atoms with Gasteiger partial charge in [0.25, 0.3) is 0 Å². The maximum atomic E-state index is 14.1. The molecule has 2 atom stereocenters. The summed E-state index contributed by atoms with van der Waals surface area (Å²) in [5.74, 6) is 0.833. The van der Waals surface area contributed by atoms with Gasteiger partial charge >= 0.3 is 0 Å². The molecule has 0 aliphatic carbocycles. The van der Waals surface area contributed by atoms with Gasteiger partial charge in [0.1, 0.15) is 6.33 Å². The zero-order chi connectivity index (χ0) is 22.1. The van der Waals surface area contributed by atoms with E-state index >= 15 is 0 Å². The standard InChI is InChI=1S/C23H29FN6O2/c1-16-11-29(8-7-28(16)12-17-5-6-20(31-2)19(24)10-17)22-21-23(26-14-25-22)30(15-27-21)13-18-4-3-9-32-18/h5-6,10,14-16,18H,3-4,7-9,11-13H2,1-2H3. The highest BCUT2D eigenvalue weighted by atomic mass is 19.1. The number of fused-ring (bicyclic) bond motifs is 1. The van der Waals surface area contributed by atoms with Crippen molar-refractivity contribution in [2.75, 3.05) is 38.3 Å². The van der Waals surface area contributed by atoms with Gasteiger partial charge in [-0.3, -0.25) is 4.90 Å². The van der Waals surface area contributed by atoms with Gasteiger partial charge in [-0.25, -0.2) is 19.3 Å². The Morgan fingerprint density at radius 3 is 2.88 bits per heavy atom. The Hall–Kier alpha value is -2.78. The van der Waals surface area contributed by atoms with Crippen LogP contribution in [-0.4, -0.2) is 69.9 Å². The van der Waals surface area contributed by atoms with Crippen LogP contribution < -0.4 is 9.64 Å². The molecule has 5 rings (SSSR count). The van der Waals surface area contributed by atoms with Gasteiger partial charge in [-0.05, 0) is 37.5 Å². The van der Waals surface area contributed by atoms with E-state index in [1.807, 2.05) is 12.4 Å². The smallest absolute Gasteiger partial charge is 0.165 e. The molecule has 8 nitrogen and oxygen atoms in total. The number of imidazole rings is 1. The van der Waals surface area contributed by atoms with Gasteiger partial charge in [0.05, 0.1) is 26.1 Å². The molecule has 2 saturated heterocycles. The second-order valence-electron chi connectivity index (χ2n) is 8.64. The van der Waals surface area contributed by atoms with Gasteiger partial charge in [0.15, 0.2) is 28.5 Å². The number of methoxy groups -OCH3 is 1. The van der Waals surface area contributed by atoms with Crippen molar-refractivity contribution in [2.45, 2.75) is 45.0 Å². The highest BCUT2D eigenvalue weighted by Crippen LogP contribution is 2.26. The number of anilines is 1. The fraction of sp³-hybridized carbons (Fsp3) is 0.522. The van der Waals surface area contributed by atoms with Gasteiger partial charge in [-0.15, -0.1) is 0 Å². The minimum Gasteiger partial charge on any atom is -0.494 e. The van der Waals surface area contributed by atoms with E-state index in [1.165, 1.54) is 7.11 Å². The summed E-state index contributed by atoms with van der Waals surface area (Å²) in [6.07, 6.45) is 5.90. The molecular formula is C23H29FN6O2. The molecule has 0 saturated carbocycles. The predicted molar refractivity (Wildman–Crippen MR) is 119 cm³/mol. The van der Waals surface area contributed by atoms with Crippen molar-refractivity contribution >= 4 is 17.0 Å². The van der Waals surface area contributed by atoms with Gasteiger partial charge in [0, 0.05) is 38.8 Å². The lowest BCUT2D eigenvalue weighted by molar-refractivity contribution is 0.0978. The summed E-state index contributed by atoms with van der Waals surface area (Å²) in [7, 11) is 1.48. The van der Waals surface area contributed by atoms with E-state index in [0.29, 0.717) is 6.54 Å². The van der Waals surface area contributed by atoms with E-state index in [9.17, 15) is 4.39 Å². The Labute approximate surface area is 187 Å². The molecule has 1 aromatic carbocycles. The third-order valence-corrected chi connectivity index (χ3v) is 6.47. The van der Waals surface area contributed by atoms with Crippen molar-refractivity contribution in [1.29, 1.82) is 0 Å². The number of hydrogen-bond donors (Lipinski definition) is 0. The summed E-state index contributed by atoms with van der Waals surface area (Å²) in [5, 5.41) is 0. The molecule has 0 amide bonds. The first-order valence-corrected chi connectivity index (χ1v) is 11.2. The van der Waals surface area contributed by atoms with Crippen molar-refractivity contribution in [1.82, 2.24) is 24.4 Å². The fourth-order valence-electron chi connectivity index (χ4n) is 4.71. The van der Waals surface area contributed by atoms with Crippen LogP contribution in [0.2, 0.25) is 0 Å². The highest BCUT2D eigenvalue weighted by Gasteiger charge is 2.27. The Balaban J connectivity index is 1.29. The monoisotopic (exact) mass is 440 g/mol. The van der Waals surface area contributed by atoms with Crippen LogP contribution in [0.1, 0.15) is 25.3 Å². The van der Waals surface area contributed by atoms with Crippen molar-refractivity contribution in [3.63, 3.8) is 0 Å². The van der Waals surface area contributed by atoms with Crippen molar-refractivity contribution in [3.8, 4) is 5.75 Å². The number of nitrogens with zero attached hydrogens (tertiary/aromatic N) is 6. The second-order valence-corrected chi connectivity index (χ2v) is 8.64. The number of hydrogen-bond acceptors (Lipinski definition) is 7. The molecule has 0 bridgehead atoms. The molecule has 0 N–H and O–H groups in total.